The van der Waals surface area contributed by atoms with E-state index in [0.717, 1.165) is 30.5 Å². The van der Waals surface area contributed by atoms with E-state index in [2.05, 4.69) is 10.3 Å². The fourth-order valence-electron chi connectivity index (χ4n) is 2.48. The van der Waals surface area contributed by atoms with Crippen LogP contribution >= 0.6 is 11.6 Å². The lowest BCUT2D eigenvalue weighted by molar-refractivity contribution is 0.0687. The van der Waals surface area contributed by atoms with Gasteiger partial charge < -0.3 is 5.11 Å². The first-order valence-electron chi connectivity index (χ1n) is 6.53. The van der Waals surface area contributed by atoms with Crippen LogP contribution in [0.2, 0.25) is 5.02 Å². The Morgan fingerprint density at radius 2 is 2.20 bits per heavy atom. The van der Waals surface area contributed by atoms with Gasteiger partial charge in [0.05, 0.1) is 11.4 Å². The lowest BCUT2D eigenvalue weighted by atomic mass is 9.82. The van der Waals surface area contributed by atoms with E-state index in [1.807, 2.05) is 13.0 Å². The molecule has 0 unspecified atom stereocenters. The number of aromatic nitrogens is 3. The van der Waals surface area contributed by atoms with E-state index >= 15 is 0 Å². The number of carbonyl (C=O) groups is 1. The molecular formula is C14H14ClN3O2. The summed E-state index contributed by atoms with van der Waals surface area (Å²) in [5.74, 6) is -0.813. The molecule has 2 aromatic rings. The van der Waals surface area contributed by atoms with Crippen LogP contribution in [0.4, 0.5) is 0 Å². The third kappa shape index (κ3) is 2.08. The summed E-state index contributed by atoms with van der Waals surface area (Å²) in [6, 6.07) is 5.49. The van der Waals surface area contributed by atoms with Crippen LogP contribution in [0.1, 0.15) is 46.9 Å². The van der Waals surface area contributed by atoms with Crippen LogP contribution in [0.25, 0.3) is 5.69 Å². The molecule has 104 valence electrons. The first kappa shape index (κ1) is 13.1. The standard InChI is InChI=1S/C14H14ClN3O2/c1-8-5-6-10(15)7-11(8)18-13(9-3-2-4-9)12(14(19)20)16-17-18/h5-7,9H,2-4H2,1H3,(H,19,20). The van der Waals surface area contributed by atoms with Crippen molar-refractivity contribution in [3.63, 3.8) is 0 Å². The highest BCUT2D eigenvalue weighted by molar-refractivity contribution is 6.30. The number of halogens is 1. The minimum Gasteiger partial charge on any atom is -0.476 e. The van der Waals surface area contributed by atoms with Gasteiger partial charge in [0.15, 0.2) is 5.69 Å². The van der Waals surface area contributed by atoms with Gasteiger partial charge in [-0.2, -0.15) is 0 Å². The van der Waals surface area contributed by atoms with Gasteiger partial charge in [0.1, 0.15) is 0 Å². The SMILES string of the molecule is Cc1ccc(Cl)cc1-n1nnc(C(=O)O)c1C1CCC1. The molecule has 20 heavy (non-hydrogen) atoms. The number of hydrogen-bond acceptors (Lipinski definition) is 3. The molecule has 0 aliphatic heterocycles. The van der Waals surface area contributed by atoms with E-state index in [1.165, 1.54) is 0 Å². The van der Waals surface area contributed by atoms with Gasteiger partial charge >= 0.3 is 5.97 Å². The molecule has 1 aromatic heterocycles. The largest absolute Gasteiger partial charge is 0.476 e. The Kier molecular flexibility index (Phi) is 3.22. The summed E-state index contributed by atoms with van der Waals surface area (Å²) in [6.45, 7) is 1.94. The normalized spacial score (nSPS) is 15.1. The predicted molar refractivity (Wildman–Crippen MR) is 74.7 cm³/mol. The first-order valence-corrected chi connectivity index (χ1v) is 6.91. The molecule has 0 spiro atoms. The van der Waals surface area contributed by atoms with E-state index < -0.39 is 5.97 Å². The van der Waals surface area contributed by atoms with Crippen molar-refractivity contribution < 1.29 is 9.90 Å². The lowest BCUT2D eigenvalue weighted by Gasteiger charge is -2.26. The van der Waals surface area contributed by atoms with Gasteiger partial charge in [0, 0.05) is 10.9 Å². The number of carboxylic acids is 1. The van der Waals surface area contributed by atoms with Crippen molar-refractivity contribution >= 4 is 17.6 Å². The molecule has 0 atom stereocenters. The molecule has 0 radical (unpaired) electrons. The highest BCUT2D eigenvalue weighted by atomic mass is 35.5. The Balaban J connectivity index is 2.18. The highest BCUT2D eigenvalue weighted by Crippen LogP contribution is 2.38. The molecule has 1 aromatic carbocycles. The van der Waals surface area contributed by atoms with E-state index in [-0.39, 0.29) is 11.6 Å². The van der Waals surface area contributed by atoms with Crippen molar-refractivity contribution in [1.29, 1.82) is 0 Å². The fourth-order valence-corrected chi connectivity index (χ4v) is 2.64. The zero-order chi connectivity index (χ0) is 14.3. The van der Waals surface area contributed by atoms with Crippen LogP contribution in [0.5, 0.6) is 0 Å². The van der Waals surface area contributed by atoms with Crippen LogP contribution in [0.15, 0.2) is 18.2 Å². The topological polar surface area (TPSA) is 68.0 Å². The smallest absolute Gasteiger partial charge is 0.358 e. The van der Waals surface area contributed by atoms with Crippen molar-refractivity contribution in [1.82, 2.24) is 15.0 Å². The van der Waals surface area contributed by atoms with Crippen molar-refractivity contribution in [3.05, 3.63) is 40.2 Å². The zero-order valence-corrected chi connectivity index (χ0v) is 11.8. The van der Waals surface area contributed by atoms with E-state index in [0.29, 0.717) is 10.7 Å². The summed E-state index contributed by atoms with van der Waals surface area (Å²) >= 11 is 6.04. The van der Waals surface area contributed by atoms with Crippen molar-refractivity contribution in [3.8, 4) is 5.69 Å². The summed E-state index contributed by atoms with van der Waals surface area (Å²) in [4.78, 5) is 11.3. The summed E-state index contributed by atoms with van der Waals surface area (Å²) in [5.41, 5.74) is 2.51. The molecule has 0 bridgehead atoms. The molecule has 1 aliphatic rings. The summed E-state index contributed by atoms with van der Waals surface area (Å²) in [5, 5.41) is 17.7. The van der Waals surface area contributed by atoms with E-state index in [1.54, 1.807) is 16.8 Å². The van der Waals surface area contributed by atoms with Crippen LogP contribution < -0.4 is 0 Å². The molecule has 1 aliphatic carbocycles. The number of hydrogen-bond donors (Lipinski definition) is 1. The molecule has 1 saturated carbocycles. The molecule has 1 fully saturated rings. The number of aromatic carboxylic acids is 1. The Morgan fingerprint density at radius 3 is 2.80 bits per heavy atom. The quantitative estimate of drug-likeness (QED) is 0.943. The van der Waals surface area contributed by atoms with Crippen molar-refractivity contribution in [2.75, 3.05) is 0 Å². The Hall–Kier alpha value is -1.88. The molecule has 3 rings (SSSR count). The Morgan fingerprint density at radius 1 is 1.45 bits per heavy atom. The van der Waals surface area contributed by atoms with E-state index in [4.69, 9.17) is 11.6 Å². The number of benzene rings is 1. The fraction of sp³-hybridized carbons (Fsp3) is 0.357. The zero-order valence-electron chi connectivity index (χ0n) is 11.0. The second kappa shape index (κ2) is 4.90. The molecule has 1 N–H and O–H groups in total. The molecule has 6 heteroatoms. The van der Waals surface area contributed by atoms with Gasteiger partial charge in [-0.05, 0) is 37.5 Å². The Bertz CT molecular complexity index is 677. The van der Waals surface area contributed by atoms with Gasteiger partial charge in [0.2, 0.25) is 0 Å². The summed E-state index contributed by atoms with van der Waals surface area (Å²) in [6.07, 6.45) is 3.07. The van der Waals surface area contributed by atoms with E-state index in [9.17, 15) is 9.90 Å². The molecule has 0 saturated heterocycles. The number of nitrogens with zero attached hydrogens (tertiary/aromatic N) is 3. The van der Waals surface area contributed by atoms with Crippen LogP contribution in [-0.4, -0.2) is 26.1 Å². The van der Waals surface area contributed by atoms with Gasteiger partial charge in [0.25, 0.3) is 0 Å². The van der Waals surface area contributed by atoms with Crippen molar-refractivity contribution in [2.24, 2.45) is 0 Å². The minimum absolute atomic E-state index is 0.0501. The van der Waals surface area contributed by atoms with Crippen LogP contribution in [0.3, 0.4) is 0 Å². The Labute approximate surface area is 121 Å². The second-order valence-corrected chi connectivity index (χ2v) is 5.54. The summed E-state index contributed by atoms with van der Waals surface area (Å²) < 4.78 is 1.63. The number of rotatable bonds is 3. The van der Waals surface area contributed by atoms with Gasteiger partial charge in [-0.3, -0.25) is 0 Å². The molecular weight excluding hydrogens is 278 g/mol. The van der Waals surface area contributed by atoms with Gasteiger partial charge in [-0.25, -0.2) is 9.48 Å². The lowest BCUT2D eigenvalue weighted by Crippen LogP contribution is -2.18. The predicted octanol–water partition coefficient (Wildman–Crippen LogP) is 3.19. The third-order valence-electron chi connectivity index (χ3n) is 3.80. The number of aryl methyl sites for hydroxylation is 1. The van der Waals surface area contributed by atoms with Crippen LogP contribution in [0, 0.1) is 6.92 Å². The first-order chi connectivity index (χ1) is 9.58. The van der Waals surface area contributed by atoms with Crippen LogP contribution in [-0.2, 0) is 0 Å². The van der Waals surface area contributed by atoms with Gasteiger partial charge in [-0.1, -0.05) is 29.3 Å². The summed E-state index contributed by atoms with van der Waals surface area (Å²) in [7, 11) is 0. The average Bonchev–Trinajstić information content (AvgIpc) is 2.74. The molecule has 5 nitrogen and oxygen atoms in total. The van der Waals surface area contributed by atoms with Gasteiger partial charge in [-0.15, -0.1) is 5.10 Å². The maximum atomic E-state index is 11.3. The maximum absolute atomic E-state index is 11.3. The average molecular weight is 292 g/mol. The molecule has 1 heterocycles. The number of carboxylic acid groups (broad SMARTS) is 1. The maximum Gasteiger partial charge on any atom is 0.358 e. The second-order valence-electron chi connectivity index (χ2n) is 5.10. The minimum atomic E-state index is -1.03. The third-order valence-corrected chi connectivity index (χ3v) is 4.03. The van der Waals surface area contributed by atoms with Crippen molar-refractivity contribution in [2.45, 2.75) is 32.1 Å². The monoisotopic (exact) mass is 291 g/mol. The molecule has 0 amide bonds. The highest BCUT2D eigenvalue weighted by Gasteiger charge is 2.31.